The molecule has 0 spiro atoms. The summed E-state index contributed by atoms with van der Waals surface area (Å²) in [5, 5.41) is 4.51. The SMILES string of the molecule is CN=C(NCc1ncc(C)s1)N1CCOC(c2ccc(C)cc2C)C1.I. The van der Waals surface area contributed by atoms with Crippen molar-refractivity contribution < 1.29 is 4.74 Å². The normalized spacial score (nSPS) is 17.8. The van der Waals surface area contributed by atoms with Gasteiger partial charge in [0.25, 0.3) is 0 Å². The number of nitrogens with one attached hydrogen (secondary N) is 1. The van der Waals surface area contributed by atoms with E-state index in [0.29, 0.717) is 13.2 Å². The Bertz CT molecular complexity index is 762. The van der Waals surface area contributed by atoms with E-state index in [-0.39, 0.29) is 30.1 Å². The number of ether oxygens (including phenoxy) is 1. The average molecular weight is 486 g/mol. The van der Waals surface area contributed by atoms with E-state index in [0.717, 1.165) is 24.1 Å². The van der Waals surface area contributed by atoms with E-state index in [9.17, 15) is 0 Å². The van der Waals surface area contributed by atoms with E-state index < -0.39 is 0 Å². The van der Waals surface area contributed by atoms with Crippen molar-refractivity contribution in [1.29, 1.82) is 0 Å². The Hall–Kier alpha value is -1.19. The Balaban J connectivity index is 0.00000243. The zero-order valence-corrected chi connectivity index (χ0v) is 18.9. The predicted octanol–water partition coefficient (Wildman–Crippen LogP) is 3.84. The number of hydrogen-bond donors (Lipinski definition) is 1. The molecule has 1 unspecified atom stereocenters. The third-order valence-electron chi connectivity index (χ3n) is 4.42. The summed E-state index contributed by atoms with van der Waals surface area (Å²) in [6.07, 6.45) is 1.99. The van der Waals surface area contributed by atoms with Crippen LogP contribution in [0.5, 0.6) is 0 Å². The minimum atomic E-state index is 0. The summed E-state index contributed by atoms with van der Waals surface area (Å²) in [6.45, 7) is 9.41. The average Bonchev–Trinajstić information content (AvgIpc) is 3.01. The Labute approximate surface area is 176 Å². The fourth-order valence-corrected chi connectivity index (χ4v) is 3.91. The molecule has 0 saturated carbocycles. The fourth-order valence-electron chi connectivity index (χ4n) is 3.19. The van der Waals surface area contributed by atoms with Crippen molar-refractivity contribution >= 4 is 41.3 Å². The molecule has 26 heavy (non-hydrogen) atoms. The molecule has 2 aromatic rings. The van der Waals surface area contributed by atoms with Gasteiger partial charge in [0.2, 0.25) is 0 Å². The summed E-state index contributed by atoms with van der Waals surface area (Å²) in [4.78, 5) is 12.4. The summed E-state index contributed by atoms with van der Waals surface area (Å²) in [7, 11) is 1.83. The van der Waals surface area contributed by atoms with Crippen molar-refractivity contribution in [3.8, 4) is 0 Å². The van der Waals surface area contributed by atoms with E-state index >= 15 is 0 Å². The first-order valence-corrected chi connectivity index (χ1v) is 9.44. The van der Waals surface area contributed by atoms with Crippen molar-refractivity contribution in [2.24, 2.45) is 4.99 Å². The van der Waals surface area contributed by atoms with Crippen molar-refractivity contribution in [3.05, 3.63) is 51.0 Å². The summed E-state index contributed by atoms with van der Waals surface area (Å²) in [6, 6.07) is 6.56. The largest absolute Gasteiger partial charge is 0.370 e. The van der Waals surface area contributed by atoms with Crippen molar-refractivity contribution in [2.45, 2.75) is 33.4 Å². The Morgan fingerprint density at radius 2 is 2.19 bits per heavy atom. The number of aryl methyl sites for hydroxylation is 3. The molecular weight excluding hydrogens is 459 g/mol. The van der Waals surface area contributed by atoms with E-state index in [1.54, 1.807) is 11.3 Å². The molecule has 1 aliphatic heterocycles. The van der Waals surface area contributed by atoms with Gasteiger partial charge < -0.3 is 15.0 Å². The van der Waals surface area contributed by atoms with Crippen LogP contribution in [0.25, 0.3) is 0 Å². The van der Waals surface area contributed by atoms with Crippen LogP contribution >= 0.6 is 35.3 Å². The van der Waals surface area contributed by atoms with Gasteiger partial charge in [-0.15, -0.1) is 35.3 Å². The molecule has 2 heterocycles. The molecule has 1 N–H and O–H groups in total. The van der Waals surface area contributed by atoms with Gasteiger partial charge in [0.1, 0.15) is 11.1 Å². The lowest BCUT2D eigenvalue weighted by Crippen LogP contribution is -2.48. The van der Waals surface area contributed by atoms with Gasteiger partial charge in [-0.2, -0.15) is 0 Å². The Morgan fingerprint density at radius 1 is 1.38 bits per heavy atom. The highest BCUT2D eigenvalue weighted by Crippen LogP contribution is 2.26. The predicted molar refractivity (Wildman–Crippen MR) is 119 cm³/mol. The topological polar surface area (TPSA) is 49.8 Å². The Kier molecular flexibility index (Phi) is 7.85. The molecule has 142 valence electrons. The quantitative estimate of drug-likeness (QED) is 0.407. The maximum absolute atomic E-state index is 6.04. The van der Waals surface area contributed by atoms with Crippen LogP contribution in [0.4, 0.5) is 0 Å². The maximum atomic E-state index is 6.04. The molecule has 0 amide bonds. The second kappa shape index (κ2) is 9.66. The van der Waals surface area contributed by atoms with Gasteiger partial charge in [0.05, 0.1) is 19.7 Å². The van der Waals surface area contributed by atoms with Gasteiger partial charge in [0, 0.05) is 24.7 Å². The summed E-state index contributed by atoms with van der Waals surface area (Å²) < 4.78 is 6.04. The van der Waals surface area contributed by atoms with Gasteiger partial charge in [-0.25, -0.2) is 4.98 Å². The summed E-state index contributed by atoms with van der Waals surface area (Å²) in [5.41, 5.74) is 3.83. The second-order valence-electron chi connectivity index (χ2n) is 6.43. The van der Waals surface area contributed by atoms with Gasteiger partial charge >= 0.3 is 0 Å². The van der Waals surface area contributed by atoms with Crippen LogP contribution in [-0.2, 0) is 11.3 Å². The monoisotopic (exact) mass is 486 g/mol. The smallest absolute Gasteiger partial charge is 0.194 e. The number of benzene rings is 1. The standard InChI is InChI=1S/C19H26N4OS.HI/c1-13-5-6-16(14(2)9-13)17-12-23(7-8-24-17)19(20-4)22-11-18-21-10-15(3)25-18;/h5-6,9-10,17H,7-8,11-12H2,1-4H3,(H,20,22);1H. The number of morpholine rings is 1. The fraction of sp³-hybridized carbons (Fsp3) is 0.474. The van der Waals surface area contributed by atoms with Crippen LogP contribution in [0.2, 0.25) is 0 Å². The first-order chi connectivity index (χ1) is 12.1. The molecule has 1 fully saturated rings. The van der Waals surface area contributed by atoms with Gasteiger partial charge in [-0.3, -0.25) is 4.99 Å². The summed E-state index contributed by atoms with van der Waals surface area (Å²) in [5.74, 6) is 0.908. The van der Waals surface area contributed by atoms with E-state index in [2.05, 4.69) is 59.2 Å². The molecule has 1 saturated heterocycles. The minimum Gasteiger partial charge on any atom is -0.370 e. The number of halogens is 1. The first kappa shape index (κ1) is 21.1. The zero-order valence-electron chi connectivity index (χ0n) is 15.8. The van der Waals surface area contributed by atoms with E-state index in [1.165, 1.54) is 21.6 Å². The lowest BCUT2D eigenvalue weighted by atomic mass is 10.00. The first-order valence-electron chi connectivity index (χ1n) is 8.62. The van der Waals surface area contributed by atoms with E-state index in [1.807, 2.05) is 13.2 Å². The van der Waals surface area contributed by atoms with Crippen LogP contribution in [0.1, 0.15) is 32.7 Å². The van der Waals surface area contributed by atoms with Crippen LogP contribution in [0.15, 0.2) is 29.4 Å². The second-order valence-corrected chi connectivity index (χ2v) is 7.75. The molecule has 1 atom stereocenters. The lowest BCUT2D eigenvalue weighted by molar-refractivity contribution is -0.00834. The highest BCUT2D eigenvalue weighted by atomic mass is 127. The third kappa shape index (κ3) is 5.17. The third-order valence-corrected chi connectivity index (χ3v) is 5.33. The maximum Gasteiger partial charge on any atom is 0.194 e. The number of nitrogens with zero attached hydrogens (tertiary/aromatic N) is 3. The number of thiazole rings is 1. The molecule has 7 heteroatoms. The highest BCUT2D eigenvalue weighted by molar-refractivity contribution is 14.0. The molecule has 1 aliphatic rings. The molecule has 0 aliphatic carbocycles. The van der Waals surface area contributed by atoms with Gasteiger partial charge in [-0.1, -0.05) is 23.8 Å². The molecule has 3 rings (SSSR count). The molecule has 5 nitrogen and oxygen atoms in total. The number of rotatable bonds is 3. The van der Waals surface area contributed by atoms with Crippen LogP contribution in [0, 0.1) is 20.8 Å². The molecular formula is C19H27IN4OS. The summed E-state index contributed by atoms with van der Waals surface area (Å²) >= 11 is 1.72. The van der Waals surface area contributed by atoms with Gasteiger partial charge in [0.15, 0.2) is 5.96 Å². The number of aliphatic imine (C=N–C) groups is 1. The minimum absolute atomic E-state index is 0. The van der Waals surface area contributed by atoms with Crippen molar-refractivity contribution in [2.75, 3.05) is 26.7 Å². The zero-order chi connectivity index (χ0) is 17.8. The van der Waals surface area contributed by atoms with Crippen LogP contribution in [-0.4, -0.2) is 42.6 Å². The van der Waals surface area contributed by atoms with E-state index in [4.69, 9.17) is 4.74 Å². The molecule has 1 aromatic carbocycles. The number of aromatic nitrogens is 1. The van der Waals surface area contributed by atoms with Gasteiger partial charge in [-0.05, 0) is 31.9 Å². The van der Waals surface area contributed by atoms with Crippen molar-refractivity contribution in [1.82, 2.24) is 15.2 Å². The molecule has 0 bridgehead atoms. The number of hydrogen-bond acceptors (Lipinski definition) is 4. The highest BCUT2D eigenvalue weighted by Gasteiger charge is 2.25. The van der Waals surface area contributed by atoms with Crippen LogP contribution in [0.3, 0.4) is 0 Å². The Morgan fingerprint density at radius 3 is 2.85 bits per heavy atom. The molecule has 0 radical (unpaired) electrons. The van der Waals surface area contributed by atoms with Crippen molar-refractivity contribution in [3.63, 3.8) is 0 Å². The molecule has 1 aromatic heterocycles. The lowest BCUT2D eigenvalue weighted by Gasteiger charge is -2.35. The number of guanidine groups is 1. The van der Waals surface area contributed by atoms with Crippen LogP contribution < -0.4 is 5.32 Å².